The van der Waals surface area contributed by atoms with Gasteiger partial charge < -0.3 is 10.0 Å². The van der Waals surface area contributed by atoms with Crippen LogP contribution in [0, 0.1) is 31.1 Å². The number of hydrogen-bond acceptors (Lipinski definition) is 5. The summed E-state index contributed by atoms with van der Waals surface area (Å²) in [5.41, 5.74) is 2.13. The maximum Gasteiger partial charge on any atom is 0.306 e. The SMILES string of the molecule is Cc1nnc(N2CCC(C(=O)O)CC2)c(C#N)c1C. The van der Waals surface area contributed by atoms with Gasteiger partial charge in [0.2, 0.25) is 0 Å². The van der Waals surface area contributed by atoms with Crippen molar-refractivity contribution >= 4 is 11.8 Å². The number of aliphatic carboxylic acids is 1. The highest BCUT2D eigenvalue weighted by Crippen LogP contribution is 2.26. The van der Waals surface area contributed by atoms with Crippen molar-refractivity contribution in [3.05, 3.63) is 16.8 Å². The lowest BCUT2D eigenvalue weighted by Gasteiger charge is -2.31. The minimum absolute atomic E-state index is 0.290. The molecule has 2 heterocycles. The predicted molar refractivity (Wildman–Crippen MR) is 68.8 cm³/mol. The summed E-state index contributed by atoms with van der Waals surface area (Å²) in [7, 11) is 0. The van der Waals surface area contributed by atoms with Gasteiger partial charge in [-0.3, -0.25) is 4.79 Å². The second-order valence-corrected chi connectivity index (χ2v) is 4.82. The first kappa shape index (κ1) is 13.3. The minimum atomic E-state index is -0.744. The van der Waals surface area contributed by atoms with E-state index >= 15 is 0 Å². The summed E-state index contributed by atoms with van der Waals surface area (Å²) < 4.78 is 0. The van der Waals surface area contributed by atoms with Gasteiger partial charge in [-0.2, -0.15) is 10.4 Å². The van der Waals surface area contributed by atoms with Crippen LogP contribution in [0.25, 0.3) is 0 Å². The predicted octanol–water partition coefficient (Wildman–Crippen LogP) is 1.27. The van der Waals surface area contributed by atoms with Gasteiger partial charge >= 0.3 is 5.97 Å². The molecular weight excluding hydrogens is 244 g/mol. The number of rotatable bonds is 2. The van der Waals surface area contributed by atoms with Crippen LogP contribution in [0.1, 0.15) is 29.7 Å². The highest BCUT2D eigenvalue weighted by atomic mass is 16.4. The summed E-state index contributed by atoms with van der Waals surface area (Å²) in [4.78, 5) is 12.9. The average molecular weight is 260 g/mol. The van der Waals surface area contributed by atoms with E-state index in [1.54, 1.807) is 0 Å². The lowest BCUT2D eigenvalue weighted by atomic mass is 9.96. The van der Waals surface area contributed by atoms with Crippen molar-refractivity contribution in [2.45, 2.75) is 26.7 Å². The Labute approximate surface area is 111 Å². The van der Waals surface area contributed by atoms with Crippen molar-refractivity contribution in [3.63, 3.8) is 0 Å². The Kier molecular flexibility index (Phi) is 3.65. The fourth-order valence-electron chi connectivity index (χ4n) is 2.29. The quantitative estimate of drug-likeness (QED) is 0.861. The van der Waals surface area contributed by atoms with Crippen LogP contribution in [0.15, 0.2) is 0 Å². The van der Waals surface area contributed by atoms with Gasteiger partial charge in [-0.15, -0.1) is 5.10 Å². The molecule has 6 heteroatoms. The smallest absolute Gasteiger partial charge is 0.306 e. The van der Waals surface area contributed by atoms with E-state index in [9.17, 15) is 10.1 Å². The number of anilines is 1. The third kappa shape index (κ3) is 2.50. The molecule has 1 fully saturated rings. The zero-order valence-corrected chi connectivity index (χ0v) is 11.1. The maximum atomic E-state index is 10.9. The summed E-state index contributed by atoms with van der Waals surface area (Å²) in [6.07, 6.45) is 1.16. The number of aryl methyl sites for hydroxylation is 1. The molecule has 0 unspecified atom stereocenters. The first-order valence-corrected chi connectivity index (χ1v) is 6.26. The molecule has 0 radical (unpaired) electrons. The van der Waals surface area contributed by atoms with Gasteiger partial charge in [-0.05, 0) is 32.3 Å². The highest BCUT2D eigenvalue weighted by Gasteiger charge is 2.27. The van der Waals surface area contributed by atoms with Crippen LogP contribution in [0.3, 0.4) is 0 Å². The van der Waals surface area contributed by atoms with Gasteiger partial charge in [0.1, 0.15) is 11.6 Å². The van der Waals surface area contributed by atoms with E-state index in [1.807, 2.05) is 18.7 Å². The van der Waals surface area contributed by atoms with Crippen LogP contribution in [-0.4, -0.2) is 34.4 Å². The molecular formula is C13H16N4O2. The first-order chi connectivity index (χ1) is 9.04. The van der Waals surface area contributed by atoms with Gasteiger partial charge in [-0.1, -0.05) is 0 Å². The summed E-state index contributed by atoms with van der Waals surface area (Å²) in [6, 6.07) is 2.18. The van der Waals surface area contributed by atoms with Crippen molar-refractivity contribution in [1.29, 1.82) is 5.26 Å². The molecule has 1 saturated heterocycles. The fourth-order valence-corrected chi connectivity index (χ4v) is 2.29. The van der Waals surface area contributed by atoms with Crippen LogP contribution >= 0.6 is 0 Å². The van der Waals surface area contributed by atoms with Crippen molar-refractivity contribution in [2.24, 2.45) is 5.92 Å². The molecule has 0 saturated carbocycles. The van der Waals surface area contributed by atoms with E-state index in [-0.39, 0.29) is 5.92 Å². The standard InChI is InChI=1S/C13H16N4O2/c1-8-9(2)15-16-12(11(8)7-14)17-5-3-10(4-6-17)13(18)19/h10H,3-6H2,1-2H3,(H,18,19). The van der Waals surface area contributed by atoms with Crippen molar-refractivity contribution in [1.82, 2.24) is 10.2 Å². The largest absolute Gasteiger partial charge is 0.481 e. The first-order valence-electron chi connectivity index (χ1n) is 6.26. The molecule has 1 aliphatic rings. The summed E-state index contributed by atoms with van der Waals surface area (Å²) in [5.74, 6) is -0.456. The van der Waals surface area contributed by atoms with Crippen molar-refractivity contribution in [3.8, 4) is 6.07 Å². The third-order valence-electron chi connectivity index (χ3n) is 3.69. The van der Waals surface area contributed by atoms with E-state index < -0.39 is 5.97 Å². The lowest BCUT2D eigenvalue weighted by molar-refractivity contribution is -0.142. The van der Waals surface area contributed by atoms with E-state index in [1.165, 1.54) is 0 Å². The number of nitrogens with zero attached hydrogens (tertiary/aromatic N) is 4. The number of carboxylic acids is 1. The van der Waals surface area contributed by atoms with Crippen LogP contribution < -0.4 is 4.90 Å². The Morgan fingerprint density at radius 2 is 2.00 bits per heavy atom. The molecule has 6 nitrogen and oxygen atoms in total. The molecule has 0 bridgehead atoms. The lowest BCUT2D eigenvalue weighted by Crippen LogP contribution is -2.37. The van der Waals surface area contributed by atoms with Gasteiger partial charge in [0, 0.05) is 13.1 Å². The molecule has 1 aliphatic heterocycles. The molecule has 19 heavy (non-hydrogen) atoms. The monoisotopic (exact) mass is 260 g/mol. The molecule has 2 rings (SSSR count). The average Bonchev–Trinajstić information content (AvgIpc) is 2.41. The van der Waals surface area contributed by atoms with Crippen LogP contribution in [0.2, 0.25) is 0 Å². The molecule has 0 spiro atoms. The summed E-state index contributed by atoms with van der Waals surface area (Å²) >= 11 is 0. The third-order valence-corrected chi connectivity index (χ3v) is 3.69. The Bertz CT molecular complexity index is 542. The number of carboxylic acid groups (broad SMARTS) is 1. The molecule has 0 aromatic carbocycles. The number of piperidine rings is 1. The fraction of sp³-hybridized carbons (Fsp3) is 0.538. The van der Waals surface area contributed by atoms with Gasteiger partial charge in [0.25, 0.3) is 0 Å². The van der Waals surface area contributed by atoms with Gasteiger partial charge in [-0.25, -0.2) is 0 Å². The molecule has 0 atom stereocenters. The zero-order valence-electron chi connectivity index (χ0n) is 11.1. The second kappa shape index (κ2) is 5.22. The number of aromatic nitrogens is 2. The number of carbonyl (C=O) groups is 1. The molecule has 1 N–H and O–H groups in total. The normalized spacial score (nSPS) is 16.2. The summed E-state index contributed by atoms with van der Waals surface area (Å²) in [5, 5.41) is 26.4. The van der Waals surface area contributed by atoms with Crippen LogP contribution in [-0.2, 0) is 4.79 Å². The molecule has 1 aromatic heterocycles. The summed E-state index contributed by atoms with van der Waals surface area (Å²) in [6.45, 7) is 4.88. The van der Waals surface area contributed by atoms with Gasteiger partial charge in [0.15, 0.2) is 5.82 Å². The second-order valence-electron chi connectivity index (χ2n) is 4.82. The number of nitriles is 1. The molecule has 0 aliphatic carbocycles. The van der Waals surface area contributed by atoms with Crippen LogP contribution in [0.5, 0.6) is 0 Å². The molecule has 1 aromatic rings. The minimum Gasteiger partial charge on any atom is -0.481 e. The number of hydrogen-bond donors (Lipinski definition) is 1. The van der Waals surface area contributed by atoms with Crippen LogP contribution in [0.4, 0.5) is 5.82 Å². The topological polar surface area (TPSA) is 90.1 Å². The Morgan fingerprint density at radius 3 is 2.53 bits per heavy atom. The van der Waals surface area contributed by atoms with Crippen molar-refractivity contribution in [2.75, 3.05) is 18.0 Å². The zero-order chi connectivity index (χ0) is 14.0. The molecule has 0 amide bonds. The Morgan fingerprint density at radius 1 is 1.37 bits per heavy atom. The van der Waals surface area contributed by atoms with Crippen molar-refractivity contribution < 1.29 is 9.90 Å². The van der Waals surface area contributed by atoms with Gasteiger partial charge in [0.05, 0.1) is 11.6 Å². The van der Waals surface area contributed by atoms with E-state index in [0.29, 0.717) is 37.3 Å². The van der Waals surface area contributed by atoms with E-state index in [2.05, 4.69) is 16.3 Å². The van der Waals surface area contributed by atoms with E-state index in [4.69, 9.17) is 5.11 Å². The maximum absolute atomic E-state index is 10.9. The Balaban J connectivity index is 2.23. The van der Waals surface area contributed by atoms with E-state index in [0.717, 1.165) is 11.3 Å². The Hall–Kier alpha value is -2.16. The highest BCUT2D eigenvalue weighted by molar-refractivity contribution is 5.70. The molecule has 100 valence electrons.